The Morgan fingerprint density at radius 2 is 1.95 bits per heavy atom. The molecule has 2 N–H and O–H groups in total. The number of nitrogens with zero attached hydrogens (tertiary/aromatic N) is 1. The smallest absolute Gasteiger partial charge is 0.236 e. The van der Waals surface area contributed by atoms with Crippen molar-refractivity contribution in [1.29, 1.82) is 0 Å². The molecular formula is C14H18ClFN2O2. The molecule has 1 aliphatic rings. The maximum Gasteiger partial charge on any atom is 0.236 e. The van der Waals surface area contributed by atoms with Crippen LogP contribution in [0.4, 0.5) is 4.39 Å². The zero-order chi connectivity index (χ0) is 13.8. The second-order valence-corrected chi connectivity index (χ2v) is 4.75. The summed E-state index contributed by atoms with van der Waals surface area (Å²) < 4.78 is 12.8. The number of carbonyl (C=O) groups excluding carboxylic acids is 2. The third-order valence-electron chi connectivity index (χ3n) is 3.45. The number of hydrogen-bond donors (Lipinski definition) is 1. The van der Waals surface area contributed by atoms with Gasteiger partial charge in [0, 0.05) is 24.6 Å². The predicted octanol–water partition coefficient (Wildman–Crippen LogP) is 1.63. The first-order valence-electron chi connectivity index (χ1n) is 6.39. The van der Waals surface area contributed by atoms with Crippen LogP contribution in [0.5, 0.6) is 0 Å². The van der Waals surface area contributed by atoms with Gasteiger partial charge in [-0.25, -0.2) is 4.39 Å². The van der Waals surface area contributed by atoms with Crippen molar-refractivity contribution < 1.29 is 14.0 Å². The van der Waals surface area contributed by atoms with Crippen molar-refractivity contribution in [3.05, 3.63) is 35.6 Å². The number of carbonyl (C=O) groups is 2. The molecule has 0 spiro atoms. The Kier molecular flexibility index (Phi) is 6.10. The summed E-state index contributed by atoms with van der Waals surface area (Å²) in [7, 11) is 0. The molecule has 1 aliphatic heterocycles. The van der Waals surface area contributed by atoms with E-state index >= 15 is 0 Å². The molecule has 2 rings (SSSR count). The summed E-state index contributed by atoms with van der Waals surface area (Å²) in [5, 5.41) is 0. The number of ketones is 1. The van der Waals surface area contributed by atoms with Crippen LogP contribution in [0.3, 0.4) is 0 Å². The number of benzene rings is 1. The molecule has 110 valence electrons. The van der Waals surface area contributed by atoms with Crippen LogP contribution in [0, 0.1) is 11.7 Å². The molecular weight excluding hydrogens is 283 g/mol. The predicted molar refractivity (Wildman–Crippen MR) is 76.3 cm³/mol. The minimum absolute atomic E-state index is 0. The molecule has 1 aromatic rings. The maximum absolute atomic E-state index is 12.8. The van der Waals surface area contributed by atoms with Gasteiger partial charge >= 0.3 is 0 Å². The number of piperidine rings is 1. The second kappa shape index (κ2) is 7.36. The van der Waals surface area contributed by atoms with Crippen molar-refractivity contribution in [2.45, 2.75) is 12.8 Å². The minimum Gasteiger partial charge on any atom is -0.341 e. The van der Waals surface area contributed by atoms with Crippen LogP contribution in [-0.4, -0.2) is 36.2 Å². The molecule has 6 heteroatoms. The number of nitrogens with two attached hydrogens (primary N) is 1. The van der Waals surface area contributed by atoms with Crippen LogP contribution < -0.4 is 5.73 Å². The van der Waals surface area contributed by atoms with Crippen molar-refractivity contribution in [2.24, 2.45) is 11.7 Å². The zero-order valence-electron chi connectivity index (χ0n) is 11.0. The first-order valence-corrected chi connectivity index (χ1v) is 6.39. The summed E-state index contributed by atoms with van der Waals surface area (Å²) >= 11 is 0. The minimum atomic E-state index is -0.361. The Bertz CT molecular complexity index is 479. The average Bonchev–Trinajstić information content (AvgIpc) is 2.46. The maximum atomic E-state index is 12.8. The molecule has 1 fully saturated rings. The largest absolute Gasteiger partial charge is 0.341 e. The molecule has 20 heavy (non-hydrogen) atoms. The SMILES string of the molecule is Cl.NCC(=O)N1CCCC(C(=O)c2ccc(F)cc2)C1. The Labute approximate surface area is 123 Å². The lowest BCUT2D eigenvalue weighted by Gasteiger charge is -2.31. The van der Waals surface area contributed by atoms with Gasteiger partial charge < -0.3 is 10.6 Å². The molecule has 1 aromatic carbocycles. The zero-order valence-corrected chi connectivity index (χ0v) is 11.9. The summed E-state index contributed by atoms with van der Waals surface area (Å²) in [6, 6.07) is 5.53. The van der Waals surface area contributed by atoms with Gasteiger partial charge in [0.25, 0.3) is 0 Å². The Morgan fingerprint density at radius 3 is 2.55 bits per heavy atom. The molecule has 0 aliphatic carbocycles. The third kappa shape index (κ3) is 3.77. The van der Waals surface area contributed by atoms with Crippen molar-refractivity contribution in [1.82, 2.24) is 4.90 Å². The molecule has 1 heterocycles. The van der Waals surface area contributed by atoms with Crippen molar-refractivity contribution in [3.8, 4) is 0 Å². The Hall–Kier alpha value is -1.46. The number of rotatable bonds is 3. The molecule has 0 radical (unpaired) electrons. The van der Waals surface area contributed by atoms with E-state index in [2.05, 4.69) is 0 Å². The lowest BCUT2D eigenvalue weighted by Crippen LogP contribution is -2.44. The van der Waals surface area contributed by atoms with Crippen LogP contribution in [0.25, 0.3) is 0 Å². The van der Waals surface area contributed by atoms with Gasteiger partial charge in [-0.3, -0.25) is 9.59 Å². The van der Waals surface area contributed by atoms with E-state index in [1.165, 1.54) is 24.3 Å². The highest BCUT2D eigenvalue weighted by Gasteiger charge is 2.28. The van der Waals surface area contributed by atoms with Crippen LogP contribution in [0.1, 0.15) is 23.2 Å². The van der Waals surface area contributed by atoms with E-state index in [1.54, 1.807) is 4.90 Å². The van der Waals surface area contributed by atoms with Crippen LogP contribution in [0.15, 0.2) is 24.3 Å². The van der Waals surface area contributed by atoms with Crippen LogP contribution in [-0.2, 0) is 4.79 Å². The van der Waals surface area contributed by atoms with Crippen molar-refractivity contribution in [2.75, 3.05) is 19.6 Å². The van der Waals surface area contributed by atoms with Crippen LogP contribution >= 0.6 is 12.4 Å². The molecule has 1 saturated heterocycles. The van der Waals surface area contributed by atoms with E-state index in [4.69, 9.17) is 5.73 Å². The normalized spacial score (nSPS) is 18.3. The van der Waals surface area contributed by atoms with E-state index < -0.39 is 0 Å². The topological polar surface area (TPSA) is 63.4 Å². The van der Waals surface area contributed by atoms with E-state index in [9.17, 15) is 14.0 Å². The number of halogens is 2. The van der Waals surface area contributed by atoms with Gasteiger partial charge in [-0.2, -0.15) is 0 Å². The van der Waals surface area contributed by atoms with E-state index in [-0.39, 0.29) is 42.4 Å². The van der Waals surface area contributed by atoms with Gasteiger partial charge in [-0.15, -0.1) is 12.4 Å². The Morgan fingerprint density at radius 1 is 1.30 bits per heavy atom. The number of hydrogen-bond acceptors (Lipinski definition) is 3. The van der Waals surface area contributed by atoms with Crippen molar-refractivity contribution in [3.63, 3.8) is 0 Å². The van der Waals surface area contributed by atoms with Crippen LogP contribution in [0.2, 0.25) is 0 Å². The fourth-order valence-electron chi connectivity index (χ4n) is 2.40. The van der Waals surface area contributed by atoms with E-state index in [1.807, 2.05) is 0 Å². The quantitative estimate of drug-likeness (QED) is 0.863. The molecule has 1 atom stereocenters. The first kappa shape index (κ1) is 16.6. The number of Topliss-reactive ketones (excluding diaryl/α,β-unsaturated/α-hetero) is 1. The number of amides is 1. The second-order valence-electron chi connectivity index (χ2n) is 4.75. The molecule has 4 nitrogen and oxygen atoms in total. The summed E-state index contributed by atoms with van der Waals surface area (Å²) in [5.41, 5.74) is 5.83. The highest BCUT2D eigenvalue weighted by Crippen LogP contribution is 2.21. The molecule has 0 saturated carbocycles. The van der Waals surface area contributed by atoms with Gasteiger partial charge in [-0.1, -0.05) is 0 Å². The third-order valence-corrected chi connectivity index (χ3v) is 3.45. The van der Waals surface area contributed by atoms with Gasteiger partial charge in [0.1, 0.15) is 5.82 Å². The van der Waals surface area contributed by atoms with E-state index in [0.29, 0.717) is 18.7 Å². The molecule has 0 aromatic heterocycles. The average molecular weight is 301 g/mol. The summed E-state index contributed by atoms with van der Waals surface area (Å²) in [4.78, 5) is 25.5. The fourth-order valence-corrected chi connectivity index (χ4v) is 2.40. The van der Waals surface area contributed by atoms with Gasteiger partial charge in [-0.05, 0) is 37.1 Å². The lowest BCUT2D eigenvalue weighted by atomic mass is 9.90. The van der Waals surface area contributed by atoms with E-state index in [0.717, 1.165) is 12.8 Å². The van der Waals surface area contributed by atoms with Gasteiger partial charge in [0.05, 0.1) is 6.54 Å². The molecule has 0 bridgehead atoms. The van der Waals surface area contributed by atoms with Gasteiger partial charge in [0.15, 0.2) is 5.78 Å². The lowest BCUT2D eigenvalue weighted by molar-refractivity contribution is -0.131. The summed E-state index contributed by atoms with van der Waals surface area (Å²) in [6.45, 7) is 1.03. The summed E-state index contributed by atoms with van der Waals surface area (Å²) in [5.74, 6) is -0.735. The molecule has 1 amide bonds. The number of likely N-dealkylation sites (tertiary alicyclic amines) is 1. The standard InChI is InChI=1S/C14H17FN2O2.ClH/c15-12-5-3-10(4-6-12)14(19)11-2-1-7-17(9-11)13(18)8-16;/h3-6,11H,1-2,7-9,16H2;1H. The van der Waals surface area contributed by atoms with Gasteiger partial charge in [0.2, 0.25) is 5.91 Å². The van der Waals surface area contributed by atoms with Crippen molar-refractivity contribution >= 4 is 24.1 Å². The monoisotopic (exact) mass is 300 g/mol. The fraction of sp³-hybridized carbons (Fsp3) is 0.429. The molecule has 1 unspecified atom stereocenters. The Balaban J connectivity index is 0.00000200. The highest BCUT2D eigenvalue weighted by atomic mass is 35.5. The summed E-state index contributed by atoms with van der Waals surface area (Å²) in [6.07, 6.45) is 1.55. The highest BCUT2D eigenvalue weighted by molar-refractivity contribution is 5.98. The first-order chi connectivity index (χ1) is 9.11.